The summed E-state index contributed by atoms with van der Waals surface area (Å²) in [7, 11) is 0. The SMILES string of the molecule is Cl.O=C(c1cccc(F)c1F)N1CCNCC1. The third-order valence-corrected chi connectivity index (χ3v) is 2.59. The number of piperazine rings is 1. The van der Waals surface area contributed by atoms with Gasteiger partial charge in [-0.3, -0.25) is 4.79 Å². The first-order valence-electron chi connectivity index (χ1n) is 5.14. The van der Waals surface area contributed by atoms with Gasteiger partial charge in [0.2, 0.25) is 0 Å². The van der Waals surface area contributed by atoms with Crippen molar-refractivity contribution in [3.63, 3.8) is 0 Å². The number of nitrogens with one attached hydrogen (secondary N) is 1. The molecule has 2 rings (SSSR count). The Bertz CT molecular complexity index is 408. The standard InChI is InChI=1S/C11H12F2N2O.ClH/c12-9-3-1-2-8(10(9)13)11(16)15-6-4-14-5-7-15;/h1-3,14H,4-7H2;1H. The summed E-state index contributed by atoms with van der Waals surface area (Å²) in [5, 5.41) is 3.09. The lowest BCUT2D eigenvalue weighted by Crippen LogP contribution is -2.46. The second kappa shape index (κ2) is 5.93. The van der Waals surface area contributed by atoms with Gasteiger partial charge in [-0.1, -0.05) is 6.07 Å². The third kappa shape index (κ3) is 2.92. The highest BCUT2D eigenvalue weighted by molar-refractivity contribution is 5.94. The maximum Gasteiger partial charge on any atom is 0.257 e. The van der Waals surface area contributed by atoms with E-state index in [0.717, 1.165) is 6.07 Å². The summed E-state index contributed by atoms with van der Waals surface area (Å²) in [4.78, 5) is 13.4. The molecule has 0 aliphatic carbocycles. The monoisotopic (exact) mass is 262 g/mol. The Labute approximate surface area is 104 Å². The van der Waals surface area contributed by atoms with Crippen LogP contribution in [0.3, 0.4) is 0 Å². The number of benzene rings is 1. The van der Waals surface area contributed by atoms with Crippen LogP contribution in [0.15, 0.2) is 18.2 Å². The number of rotatable bonds is 1. The van der Waals surface area contributed by atoms with Crippen LogP contribution in [0.5, 0.6) is 0 Å². The molecule has 1 amide bonds. The van der Waals surface area contributed by atoms with E-state index in [2.05, 4.69) is 5.32 Å². The molecule has 0 radical (unpaired) electrons. The Morgan fingerprint density at radius 3 is 2.53 bits per heavy atom. The van der Waals surface area contributed by atoms with Crippen molar-refractivity contribution in [3.8, 4) is 0 Å². The van der Waals surface area contributed by atoms with Gasteiger partial charge in [-0.05, 0) is 12.1 Å². The molecule has 0 unspecified atom stereocenters. The van der Waals surface area contributed by atoms with Gasteiger partial charge in [0.25, 0.3) is 5.91 Å². The highest BCUT2D eigenvalue weighted by Crippen LogP contribution is 2.14. The van der Waals surface area contributed by atoms with Crippen LogP contribution >= 0.6 is 12.4 Å². The van der Waals surface area contributed by atoms with Crippen molar-refractivity contribution in [3.05, 3.63) is 35.4 Å². The molecule has 0 saturated carbocycles. The van der Waals surface area contributed by atoms with Gasteiger partial charge in [-0.15, -0.1) is 12.4 Å². The smallest absolute Gasteiger partial charge is 0.257 e. The summed E-state index contributed by atoms with van der Waals surface area (Å²) in [6.45, 7) is 2.41. The molecule has 1 N–H and O–H groups in total. The van der Waals surface area contributed by atoms with Gasteiger partial charge in [-0.2, -0.15) is 0 Å². The van der Waals surface area contributed by atoms with Crippen LogP contribution in [0, 0.1) is 11.6 Å². The predicted octanol–water partition coefficient (Wildman–Crippen LogP) is 1.43. The van der Waals surface area contributed by atoms with Gasteiger partial charge < -0.3 is 10.2 Å². The molecule has 6 heteroatoms. The lowest BCUT2D eigenvalue weighted by Gasteiger charge is -2.27. The summed E-state index contributed by atoms with van der Waals surface area (Å²) < 4.78 is 26.3. The summed E-state index contributed by atoms with van der Waals surface area (Å²) in [5.74, 6) is -2.49. The van der Waals surface area contributed by atoms with Crippen LogP contribution in [0.25, 0.3) is 0 Å². The van der Waals surface area contributed by atoms with E-state index in [-0.39, 0.29) is 18.0 Å². The summed E-state index contributed by atoms with van der Waals surface area (Å²) in [6.07, 6.45) is 0. The van der Waals surface area contributed by atoms with Crippen molar-refractivity contribution in [2.45, 2.75) is 0 Å². The summed E-state index contributed by atoms with van der Waals surface area (Å²) >= 11 is 0. The van der Waals surface area contributed by atoms with Crippen LogP contribution in [0.1, 0.15) is 10.4 Å². The van der Waals surface area contributed by atoms with Crippen molar-refractivity contribution >= 4 is 18.3 Å². The zero-order valence-electron chi connectivity index (χ0n) is 9.08. The van der Waals surface area contributed by atoms with Gasteiger partial charge >= 0.3 is 0 Å². The van der Waals surface area contributed by atoms with Gasteiger partial charge in [0, 0.05) is 26.2 Å². The molecule has 0 spiro atoms. The number of amides is 1. The Hall–Kier alpha value is -1.20. The summed E-state index contributed by atoms with van der Waals surface area (Å²) in [6, 6.07) is 3.65. The molecule has 1 aliphatic heterocycles. The van der Waals surface area contributed by atoms with E-state index in [1.165, 1.54) is 17.0 Å². The maximum absolute atomic E-state index is 13.4. The topological polar surface area (TPSA) is 32.3 Å². The zero-order chi connectivity index (χ0) is 11.5. The van der Waals surface area contributed by atoms with Crippen molar-refractivity contribution in [1.29, 1.82) is 0 Å². The predicted molar refractivity (Wildman–Crippen MR) is 62.4 cm³/mol. The lowest BCUT2D eigenvalue weighted by atomic mass is 10.1. The molecule has 1 saturated heterocycles. The molecule has 94 valence electrons. The minimum absolute atomic E-state index is 0. The van der Waals surface area contributed by atoms with Crippen molar-refractivity contribution in [2.24, 2.45) is 0 Å². The summed E-state index contributed by atoms with van der Waals surface area (Å²) in [5.41, 5.74) is -0.193. The molecular weight excluding hydrogens is 250 g/mol. The third-order valence-electron chi connectivity index (χ3n) is 2.59. The molecule has 1 aliphatic rings. The Balaban J connectivity index is 0.00000144. The van der Waals surface area contributed by atoms with E-state index in [0.29, 0.717) is 26.2 Å². The fourth-order valence-corrected chi connectivity index (χ4v) is 1.71. The minimum Gasteiger partial charge on any atom is -0.336 e. The molecule has 0 atom stereocenters. The number of nitrogens with zero attached hydrogens (tertiary/aromatic N) is 1. The second-order valence-electron chi connectivity index (χ2n) is 3.64. The van der Waals surface area contributed by atoms with E-state index in [1.54, 1.807) is 0 Å². The molecule has 1 aromatic carbocycles. The Kier molecular flexibility index (Phi) is 4.84. The minimum atomic E-state index is -1.06. The fraction of sp³-hybridized carbons (Fsp3) is 0.364. The Morgan fingerprint density at radius 2 is 1.88 bits per heavy atom. The number of carbonyl (C=O) groups excluding carboxylic acids is 1. The van der Waals surface area contributed by atoms with Crippen LogP contribution in [0.4, 0.5) is 8.78 Å². The highest BCUT2D eigenvalue weighted by atomic mass is 35.5. The Morgan fingerprint density at radius 1 is 1.24 bits per heavy atom. The second-order valence-corrected chi connectivity index (χ2v) is 3.64. The van der Waals surface area contributed by atoms with E-state index >= 15 is 0 Å². The number of halogens is 3. The van der Waals surface area contributed by atoms with E-state index in [1.807, 2.05) is 0 Å². The quantitative estimate of drug-likeness (QED) is 0.831. The lowest BCUT2D eigenvalue weighted by molar-refractivity contribution is 0.0730. The number of carbonyl (C=O) groups is 1. The normalized spacial score (nSPS) is 15.3. The van der Waals surface area contributed by atoms with Gasteiger partial charge in [0.05, 0.1) is 5.56 Å². The van der Waals surface area contributed by atoms with E-state index in [4.69, 9.17) is 0 Å². The van der Waals surface area contributed by atoms with Gasteiger partial charge in [0.15, 0.2) is 11.6 Å². The van der Waals surface area contributed by atoms with Crippen LogP contribution in [0.2, 0.25) is 0 Å². The molecule has 1 fully saturated rings. The van der Waals surface area contributed by atoms with E-state index < -0.39 is 17.5 Å². The molecule has 0 aromatic heterocycles. The molecule has 17 heavy (non-hydrogen) atoms. The molecular formula is C11H13ClF2N2O. The highest BCUT2D eigenvalue weighted by Gasteiger charge is 2.22. The number of hydrogen-bond donors (Lipinski definition) is 1. The first-order chi connectivity index (χ1) is 7.70. The first-order valence-corrected chi connectivity index (χ1v) is 5.14. The maximum atomic E-state index is 13.4. The molecule has 1 heterocycles. The molecule has 1 aromatic rings. The average molecular weight is 263 g/mol. The van der Waals surface area contributed by atoms with Crippen LogP contribution < -0.4 is 5.32 Å². The first kappa shape index (κ1) is 13.9. The van der Waals surface area contributed by atoms with E-state index in [9.17, 15) is 13.6 Å². The molecule has 0 bridgehead atoms. The molecule has 3 nitrogen and oxygen atoms in total. The van der Waals surface area contributed by atoms with Crippen molar-refractivity contribution in [1.82, 2.24) is 10.2 Å². The average Bonchev–Trinajstić information content (AvgIpc) is 2.33. The van der Waals surface area contributed by atoms with Crippen molar-refractivity contribution < 1.29 is 13.6 Å². The van der Waals surface area contributed by atoms with Crippen LogP contribution in [-0.4, -0.2) is 37.0 Å². The van der Waals surface area contributed by atoms with Gasteiger partial charge in [-0.25, -0.2) is 8.78 Å². The van der Waals surface area contributed by atoms with Crippen LogP contribution in [-0.2, 0) is 0 Å². The van der Waals surface area contributed by atoms with Gasteiger partial charge in [0.1, 0.15) is 0 Å². The number of hydrogen-bond acceptors (Lipinski definition) is 2. The fourth-order valence-electron chi connectivity index (χ4n) is 1.71. The largest absolute Gasteiger partial charge is 0.336 e. The van der Waals surface area contributed by atoms with Crippen molar-refractivity contribution in [2.75, 3.05) is 26.2 Å². The zero-order valence-corrected chi connectivity index (χ0v) is 9.90.